The molecule has 142 valence electrons. The summed E-state index contributed by atoms with van der Waals surface area (Å²) in [4.78, 5) is 2.71. The Labute approximate surface area is 164 Å². The van der Waals surface area contributed by atoms with Gasteiger partial charge in [-0.1, -0.05) is 55.8 Å². The van der Waals surface area contributed by atoms with Crippen LogP contribution in [0.4, 0.5) is 5.69 Å². The fourth-order valence-electron chi connectivity index (χ4n) is 5.55. The molecule has 27 heavy (non-hydrogen) atoms. The minimum absolute atomic E-state index is 0.457. The van der Waals surface area contributed by atoms with Gasteiger partial charge in [0.15, 0.2) is 6.04 Å². The van der Waals surface area contributed by atoms with Crippen molar-refractivity contribution in [2.75, 3.05) is 4.90 Å². The molecule has 2 nitrogen and oxygen atoms in total. The van der Waals surface area contributed by atoms with E-state index in [1.807, 2.05) is 0 Å². The van der Waals surface area contributed by atoms with Crippen molar-refractivity contribution in [1.29, 1.82) is 0 Å². The van der Waals surface area contributed by atoms with E-state index in [2.05, 4.69) is 94.3 Å². The average Bonchev–Trinajstić information content (AvgIpc) is 3.09. The van der Waals surface area contributed by atoms with Gasteiger partial charge in [0.05, 0.1) is 12.0 Å². The fourth-order valence-corrected chi connectivity index (χ4v) is 5.55. The SMILES string of the molecule is Cc1cc(C)c(N2C(C(C)C)=[N+](C(C)C)[C@H]3c4ccccc4C[C@H]32)c(C)c1. The van der Waals surface area contributed by atoms with Crippen LogP contribution in [0.2, 0.25) is 0 Å². The van der Waals surface area contributed by atoms with Gasteiger partial charge in [-0.2, -0.15) is 0 Å². The first-order valence-electron chi connectivity index (χ1n) is 10.4. The van der Waals surface area contributed by atoms with Crippen molar-refractivity contribution in [2.24, 2.45) is 5.92 Å². The lowest BCUT2D eigenvalue weighted by Crippen LogP contribution is -2.41. The highest BCUT2D eigenvalue weighted by Gasteiger charge is 2.55. The molecule has 0 N–H and O–H groups in total. The molecule has 0 aromatic heterocycles. The number of anilines is 1. The summed E-state index contributed by atoms with van der Waals surface area (Å²) in [7, 11) is 0. The lowest BCUT2D eigenvalue weighted by Gasteiger charge is -2.25. The van der Waals surface area contributed by atoms with Crippen molar-refractivity contribution < 1.29 is 4.58 Å². The van der Waals surface area contributed by atoms with E-state index in [1.54, 1.807) is 0 Å². The quantitative estimate of drug-likeness (QED) is 0.648. The van der Waals surface area contributed by atoms with Gasteiger partial charge in [-0.05, 0) is 51.3 Å². The Hall–Kier alpha value is -2.09. The van der Waals surface area contributed by atoms with Gasteiger partial charge in [-0.15, -0.1) is 0 Å². The third-order valence-corrected chi connectivity index (χ3v) is 6.26. The average molecular weight is 362 g/mol. The molecule has 0 amide bonds. The fraction of sp³-hybridized carbons (Fsp3) is 0.480. The monoisotopic (exact) mass is 361 g/mol. The van der Waals surface area contributed by atoms with Crippen molar-refractivity contribution >= 4 is 11.5 Å². The zero-order valence-corrected chi connectivity index (χ0v) is 17.9. The normalized spacial score (nSPS) is 21.4. The molecule has 2 atom stereocenters. The topological polar surface area (TPSA) is 6.25 Å². The number of rotatable bonds is 3. The zero-order valence-electron chi connectivity index (χ0n) is 17.9. The van der Waals surface area contributed by atoms with Gasteiger partial charge in [0.2, 0.25) is 0 Å². The maximum absolute atomic E-state index is 2.71. The third kappa shape index (κ3) is 2.72. The molecule has 1 aliphatic carbocycles. The number of aryl methyl sites for hydroxylation is 3. The van der Waals surface area contributed by atoms with Crippen LogP contribution in [0, 0.1) is 26.7 Å². The van der Waals surface area contributed by atoms with Crippen LogP contribution >= 0.6 is 0 Å². The van der Waals surface area contributed by atoms with E-state index in [4.69, 9.17) is 0 Å². The molecule has 2 aromatic carbocycles. The van der Waals surface area contributed by atoms with Gasteiger partial charge >= 0.3 is 0 Å². The van der Waals surface area contributed by atoms with Gasteiger partial charge in [0, 0.05) is 12.0 Å². The number of benzene rings is 2. The summed E-state index contributed by atoms with van der Waals surface area (Å²) >= 11 is 0. The van der Waals surface area contributed by atoms with Crippen molar-refractivity contribution in [3.8, 4) is 0 Å². The van der Waals surface area contributed by atoms with E-state index in [0.717, 1.165) is 6.42 Å². The number of nitrogens with zero attached hydrogens (tertiary/aromatic N) is 2. The number of fused-ring (bicyclic) bond motifs is 3. The van der Waals surface area contributed by atoms with Crippen molar-refractivity contribution in [3.05, 3.63) is 64.2 Å². The van der Waals surface area contributed by atoms with E-state index < -0.39 is 0 Å². The molecule has 0 spiro atoms. The Kier molecular flexibility index (Phi) is 4.41. The van der Waals surface area contributed by atoms with Gasteiger partial charge in [-0.25, -0.2) is 4.90 Å². The predicted molar refractivity (Wildman–Crippen MR) is 115 cm³/mol. The van der Waals surface area contributed by atoms with Crippen LogP contribution in [-0.4, -0.2) is 22.5 Å². The number of hydrogen-bond donors (Lipinski definition) is 0. The molecule has 0 saturated heterocycles. The van der Waals surface area contributed by atoms with E-state index in [1.165, 1.54) is 39.3 Å². The molecule has 0 bridgehead atoms. The molecule has 1 aliphatic heterocycles. The molecule has 4 rings (SSSR count). The van der Waals surface area contributed by atoms with E-state index >= 15 is 0 Å². The summed E-state index contributed by atoms with van der Waals surface area (Å²) in [5.74, 6) is 1.98. The second-order valence-electron chi connectivity index (χ2n) is 9.05. The largest absolute Gasteiger partial charge is 0.255 e. The maximum Gasteiger partial charge on any atom is 0.255 e. The summed E-state index contributed by atoms with van der Waals surface area (Å²) < 4.78 is 2.71. The highest BCUT2D eigenvalue weighted by atomic mass is 15.4. The Morgan fingerprint density at radius 2 is 1.59 bits per heavy atom. The first-order valence-corrected chi connectivity index (χ1v) is 10.4. The Bertz CT molecular complexity index is 897. The first-order chi connectivity index (χ1) is 12.8. The van der Waals surface area contributed by atoms with Gasteiger partial charge in [0.25, 0.3) is 5.84 Å². The van der Waals surface area contributed by atoms with Crippen LogP contribution < -0.4 is 4.90 Å². The highest BCUT2D eigenvalue weighted by Crippen LogP contribution is 2.46. The van der Waals surface area contributed by atoms with E-state index in [9.17, 15) is 0 Å². The minimum Gasteiger partial charge on any atom is -0.252 e. The molecular weight excluding hydrogens is 328 g/mol. The third-order valence-electron chi connectivity index (χ3n) is 6.26. The standard InChI is InChI=1S/C25H33N2/c1-15(2)25-26(16(3)4)24-21-11-9-8-10-20(21)14-22(24)27(25)23-18(6)12-17(5)13-19(23)7/h8-13,15-16,22,24H,14H2,1-7H3/q+1/t22-,24+/m1/s1. The van der Waals surface area contributed by atoms with Crippen LogP contribution in [0.5, 0.6) is 0 Å². The molecule has 2 aromatic rings. The summed E-state index contributed by atoms with van der Waals surface area (Å²) in [5.41, 5.74) is 8.62. The summed E-state index contributed by atoms with van der Waals surface area (Å²) in [6.45, 7) is 16.2. The van der Waals surface area contributed by atoms with Crippen LogP contribution in [0.1, 0.15) is 61.6 Å². The lowest BCUT2D eigenvalue weighted by atomic mass is 10.00. The maximum atomic E-state index is 2.71. The smallest absolute Gasteiger partial charge is 0.252 e. The molecule has 0 saturated carbocycles. The minimum atomic E-state index is 0.457. The van der Waals surface area contributed by atoms with Gasteiger partial charge in [-0.3, -0.25) is 4.58 Å². The number of hydrogen-bond acceptors (Lipinski definition) is 1. The second kappa shape index (κ2) is 6.51. The summed E-state index contributed by atoms with van der Waals surface area (Å²) in [5, 5.41) is 0. The molecule has 2 heteroatoms. The van der Waals surface area contributed by atoms with Crippen LogP contribution in [-0.2, 0) is 6.42 Å². The van der Waals surface area contributed by atoms with E-state index in [0.29, 0.717) is 24.0 Å². The molecule has 1 heterocycles. The Morgan fingerprint density at radius 3 is 2.19 bits per heavy atom. The molecule has 0 radical (unpaired) electrons. The Morgan fingerprint density at radius 1 is 0.963 bits per heavy atom. The van der Waals surface area contributed by atoms with Crippen LogP contribution in [0.15, 0.2) is 36.4 Å². The lowest BCUT2D eigenvalue weighted by molar-refractivity contribution is -0.595. The Balaban J connectivity index is 1.98. The highest BCUT2D eigenvalue weighted by molar-refractivity contribution is 5.99. The van der Waals surface area contributed by atoms with Crippen molar-refractivity contribution in [2.45, 2.75) is 73.0 Å². The van der Waals surface area contributed by atoms with Gasteiger partial charge < -0.3 is 0 Å². The molecule has 2 aliphatic rings. The predicted octanol–water partition coefficient (Wildman–Crippen LogP) is 5.57. The van der Waals surface area contributed by atoms with E-state index in [-0.39, 0.29) is 0 Å². The molecule has 0 fully saturated rings. The van der Waals surface area contributed by atoms with Crippen LogP contribution in [0.25, 0.3) is 0 Å². The van der Waals surface area contributed by atoms with Gasteiger partial charge in [0.1, 0.15) is 11.7 Å². The zero-order chi connectivity index (χ0) is 19.5. The molecule has 0 unspecified atom stereocenters. The van der Waals surface area contributed by atoms with Crippen LogP contribution in [0.3, 0.4) is 0 Å². The summed E-state index contributed by atoms with van der Waals surface area (Å²) in [6.07, 6.45) is 1.13. The number of amidine groups is 1. The van der Waals surface area contributed by atoms with Crippen molar-refractivity contribution in [1.82, 2.24) is 0 Å². The summed E-state index contributed by atoms with van der Waals surface area (Å²) in [6, 6.07) is 15.2. The molecular formula is C25H33N2+. The first kappa shape index (κ1) is 18.3. The van der Waals surface area contributed by atoms with Crippen molar-refractivity contribution in [3.63, 3.8) is 0 Å². The second-order valence-corrected chi connectivity index (χ2v) is 9.05.